The van der Waals surface area contributed by atoms with Crippen LogP contribution in [0.5, 0.6) is 0 Å². The molecule has 3 aromatic carbocycles. The third-order valence-corrected chi connectivity index (χ3v) is 7.10. The molecule has 0 N–H and O–H groups in total. The smallest absolute Gasteiger partial charge is 0.185 e. The topological polar surface area (TPSA) is 67.9 Å². The van der Waals surface area contributed by atoms with E-state index >= 15 is 0 Å². The monoisotopic (exact) mass is 497 g/mol. The van der Waals surface area contributed by atoms with E-state index in [0.717, 1.165) is 21.2 Å². The molecule has 3 atom stereocenters. The number of hydrogen-bond acceptors (Lipinski definition) is 4. The van der Waals surface area contributed by atoms with E-state index in [1.165, 1.54) is 24.3 Å². The van der Waals surface area contributed by atoms with Crippen molar-refractivity contribution in [2.45, 2.75) is 18.0 Å². The minimum Gasteiger partial charge on any atom is -0.357 e. The maximum atomic E-state index is 13.9. The van der Waals surface area contributed by atoms with Gasteiger partial charge in [-0.15, -0.1) is 0 Å². The Morgan fingerprint density at radius 3 is 2.30 bits per heavy atom. The Morgan fingerprint density at radius 1 is 0.970 bits per heavy atom. The van der Waals surface area contributed by atoms with Crippen LogP contribution in [0.3, 0.4) is 0 Å². The van der Waals surface area contributed by atoms with Gasteiger partial charge in [0.05, 0.1) is 18.2 Å². The zero-order valence-corrected chi connectivity index (χ0v) is 18.9. The summed E-state index contributed by atoms with van der Waals surface area (Å²) in [6.45, 7) is 0. The summed E-state index contributed by atoms with van der Waals surface area (Å²) in [7, 11) is 0. The second-order valence-corrected chi connectivity index (χ2v) is 9.15. The van der Waals surface area contributed by atoms with Crippen LogP contribution in [0, 0.1) is 33.9 Å². The average molecular weight is 498 g/mol. The first-order valence-corrected chi connectivity index (χ1v) is 11.2. The van der Waals surface area contributed by atoms with Crippen LogP contribution in [0.4, 0.5) is 4.39 Å². The first-order chi connectivity index (χ1) is 16.0. The number of nitrogens with zero attached hydrogens (tertiary/aromatic N) is 3. The van der Waals surface area contributed by atoms with E-state index in [1.807, 2.05) is 59.5 Å². The summed E-state index contributed by atoms with van der Waals surface area (Å²) in [4.78, 5) is 15.7. The molecule has 0 amide bonds. The average Bonchev–Trinajstić information content (AvgIpc) is 3.15. The van der Waals surface area contributed by atoms with Gasteiger partial charge in [0.1, 0.15) is 11.9 Å². The van der Waals surface area contributed by atoms with E-state index in [-0.39, 0.29) is 5.78 Å². The lowest BCUT2D eigenvalue weighted by Gasteiger charge is -2.34. The van der Waals surface area contributed by atoms with E-state index in [1.54, 1.807) is 6.20 Å². The normalized spacial score (nSPS) is 22.1. The Kier molecular flexibility index (Phi) is 5.12. The van der Waals surface area contributed by atoms with Gasteiger partial charge in [0.2, 0.25) is 0 Å². The number of benzene rings is 3. The van der Waals surface area contributed by atoms with Crippen molar-refractivity contribution in [2.75, 3.05) is 0 Å². The van der Waals surface area contributed by atoms with Gasteiger partial charge in [0.25, 0.3) is 0 Å². The van der Waals surface area contributed by atoms with Crippen LogP contribution in [0.15, 0.2) is 83.5 Å². The molecule has 0 unspecified atom stereocenters. The fraction of sp³-hybridized carbons (Fsp3) is 0.148. The van der Waals surface area contributed by atoms with Crippen molar-refractivity contribution in [1.29, 1.82) is 10.5 Å². The molecule has 33 heavy (non-hydrogen) atoms. The Labute approximate surface area is 199 Å². The highest BCUT2D eigenvalue weighted by Crippen LogP contribution is 2.60. The van der Waals surface area contributed by atoms with E-state index in [9.17, 15) is 19.7 Å². The van der Waals surface area contributed by atoms with Gasteiger partial charge in [-0.1, -0.05) is 52.3 Å². The molecule has 6 heteroatoms. The first kappa shape index (κ1) is 21.1. The molecule has 2 aliphatic heterocycles. The van der Waals surface area contributed by atoms with Crippen LogP contribution < -0.4 is 0 Å². The molecule has 0 saturated carbocycles. The van der Waals surface area contributed by atoms with Gasteiger partial charge in [-0.2, -0.15) is 10.5 Å². The van der Waals surface area contributed by atoms with E-state index < -0.39 is 29.2 Å². The quantitative estimate of drug-likeness (QED) is 0.416. The van der Waals surface area contributed by atoms with Crippen molar-refractivity contribution >= 4 is 27.8 Å². The van der Waals surface area contributed by atoms with Crippen LogP contribution in [-0.4, -0.2) is 16.7 Å². The molecule has 4 nitrogen and oxygen atoms in total. The van der Waals surface area contributed by atoms with Crippen LogP contribution in [0.1, 0.15) is 39.0 Å². The molecule has 0 aliphatic carbocycles. The summed E-state index contributed by atoms with van der Waals surface area (Å²) in [5.74, 6) is -1.42. The van der Waals surface area contributed by atoms with Gasteiger partial charge in [0.15, 0.2) is 11.2 Å². The van der Waals surface area contributed by atoms with E-state index in [0.29, 0.717) is 5.56 Å². The molecule has 0 bridgehead atoms. The van der Waals surface area contributed by atoms with Crippen LogP contribution in [0.2, 0.25) is 0 Å². The maximum Gasteiger partial charge on any atom is 0.185 e. The second-order valence-electron chi connectivity index (χ2n) is 8.23. The number of nitriles is 2. The van der Waals surface area contributed by atoms with Crippen LogP contribution in [-0.2, 0) is 0 Å². The van der Waals surface area contributed by atoms with E-state index in [4.69, 9.17) is 0 Å². The predicted octanol–water partition coefficient (Wildman–Crippen LogP) is 6.00. The Hall–Kier alpha value is -3.74. The minimum absolute atomic E-state index is 0.260. The molecule has 1 fully saturated rings. The summed E-state index contributed by atoms with van der Waals surface area (Å²) in [6.07, 6.45) is 3.71. The number of carbonyl (C=O) groups is 1. The molecular formula is C27H17BrFN3O. The van der Waals surface area contributed by atoms with Gasteiger partial charge in [0, 0.05) is 22.2 Å². The van der Waals surface area contributed by atoms with Crippen molar-refractivity contribution < 1.29 is 9.18 Å². The van der Waals surface area contributed by atoms with Crippen LogP contribution >= 0.6 is 15.9 Å². The lowest BCUT2D eigenvalue weighted by molar-refractivity contribution is 0.0874. The summed E-state index contributed by atoms with van der Waals surface area (Å²) < 4.78 is 14.4. The summed E-state index contributed by atoms with van der Waals surface area (Å²) in [6, 6.07) is 23.6. The predicted molar refractivity (Wildman–Crippen MR) is 125 cm³/mol. The maximum absolute atomic E-state index is 13.9. The Balaban J connectivity index is 1.76. The number of halogens is 2. The minimum atomic E-state index is -1.52. The first-order valence-electron chi connectivity index (χ1n) is 10.4. The number of rotatable bonds is 3. The van der Waals surface area contributed by atoms with Gasteiger partial charge in [-0.25, -0.2) is 4.39 Å². The van der Waals surface area contributed by atoms with Crippen molar-refractivity contribution in [2.24, 2.45) is 5.41 Å². The summed E-state index contributed by atoms with van der Waals surface area (Å²) in [5.41, 5.74) is 1.29. The zero-order valence-electron chi connectivity index (χ0n) is 17.3. The molecule has 0 aromatic heterocycles. The number of Topliss-reactive ketones (excluding diaryl/α,β-unsaturated/α-hetero) is 1. The van der Waals surface area contributed by atoms with Crippen molar-refractivity contribution in [1.82, 2.24) is 4.90 Å². The van der Waals surface area contributed by atoms with Crippen molar-refractivity contribution in [3.63, 3.8) is 0 Å². The molecule has 3 aromatic rings. The third kappa shape index (κ3) is 3.18. The molecule has 1 saturated heterocycles. The fourth-order valence-electron chi connectivity index (χ4n) is 5.12. The molecule has 0 radical (unpaired) electrons. The standard InChI is InChI=1S/C27H17BrFN3O/c28-20-9-5-18(6-10-20)23-24(25(33)19-7-11-21(29)12-8-19)32-14-13-17-3-1-2-4-22(17)26(32)27(23,15-30)16-31/h1-14,23-24,26H/t23-,24+,26-/m0/s1. The van der Waals surface area contributed by atoms with Crippen molar-refractivity contribution in [3.8, 4) is 12.1 Å². The molecular weight excluding hydrogens is 481 g/mol. The number of fused-ring (bicyclic) bond motifs is 3. The molecule has 2 aliphatic rings. The van der Waals surface area contributed by atoms with Gasteiger partial charge in [-0.05, 0) is 59.2 Å². The summed E-state index contributed by atoms with van der Waals surface area (Å²) in [5, 5.41) is 21.0. The number of ketones is 1. The lowest BCUT2D eigenvalue weighted by atomic mass is 9.67. The largest absolute Gasteiger partial charge is 0.357 e. The number of carbonyl (C=O) groups excluding carboxylic acids is 1. The Bertz CT molecular complexity index is 1340. The zero-order chi connectivity index (χ0) is 23.2. The Morgan fingerprint density at radius 2 is 1.64 bits per heavy atom. The highest BCUT2D eigenvalue weighted by Gasteiger charge is 2.63. The molecule has 0 spiro atoms. The molecule has 5 rings (SSSR count). The van der Waals surface area contributed by atoms with Gasteiger partial charge >= 0.3 is 0 Å². The lowest BCUT2D eigenvalue weighted by Crippen LogP contribution is -2.37. The van der Waals surface area contributed by atoms with Gasteiger partial charge in [-0.3, -0.25) is 4.79 Å². The SMILES string of the molecule is N#CC1(C#N)[C@@H]2c3ccccc3C=CN2[C@@H](C(=O)c2ccc(F)cc2)[C@@H]1c1ccc(Br)cc1. The summed E-state index contributed by atoms with van der Waals surface area (Å²) >= 11 is 3.43. The highest BCUT2D eigenvalue weighted by atomic mass is 79.9. The van der Waals surface area contributed by atoms with Crippen LogP contribution in [0.25, 0.3) is 6.08 Å². The fourth-order valence-corrected chi connectivity index (χ4v) is 5.39. The van der Waals surface area contributed by atoms with Crippen molar-refractivity contribution in [3.05, 3.63) is 112 Å². The highest BCUT2D eigenvalue weighted by molar-refractivity contribution is 9.10. The third-order valence-electron chi connectivity index (χ3n) is 6.57. The number of hydrogen-bond donors (Lipinski definition) is 0. The second kappa shape index (κ2) is 7.99. The molecule has 2 heterocycles. The van der Waals surface area contributed by atoms with E-state index in [2.05, 4.69) is 28.1 Å². The molecule has 160 valence electrons. The van der Waals surface area contributed by atoms with Gasteiger partial charge < -0.3 is 4.90 Å².